The second-order valence-electron chi connectivity index (χ2n) is 7.06. The van der Waals surface area contributed by atoms with E-state index in [0.717, 1.165) is 23.5 Å². The minimum absolute atomic E-state index is 0.0408. The van der Waals surface area contributed by atoms with Gasteiger partial charge in [0.1, 0.15) is 11.5 Å². The molecule has 0 bridgehead atoms. The molecule has 0 saturated heterocycles. The zero-order chi connectivity index (χ0) is 22.1. The number of aliphatic hydroxyl groups is 1. The second-order valence-corrected chi connectivity index (χ2v) is 7.06. The van der Waals surface area contributed by atoms with Crippen molar-refractivity contribution in [2.24, 2.45) is 0 Å². The summed E-state index contributed by atoms with van der Waals surface area (Å²) in [6.07, 6.45) is 0.563. The van der Waals surface area contributed by atoms with Gasteiger partial charge in [0.15, 0.2) is 0 Å². The van der Waals surface area contributed by atoms with Crippen LogP contribution < -0.4 is 20.7 Å². The van der Waals surface area contributed by atoms with Crippen LogP contribution in [0.1, 0.15) is 17.2 Å². The number of benzene rings is 3. The number of amides is 1. The van der Waals surface area contributed by atoms with Gasteiger partial charge < -0.3 is 30.9 Å². The molecule has 7 nitrogen and oxygen atoms in total. The Hall–Kier alpha value is -3.55. The number of nitrogens with one attached hydrogen (secondary N) is 3. The third-order valence-electron chi connectivity index (χ3n) is 4.88. The summed E-state index contributed by atoms with van der Waals surface area (Å²) in [6, 6.07) is 20.6. The topological polar surface area (TPSA) is 103 Å². The smallest absolute Gasteiger partial charge is 0.211 e. The molecule has 0 saturated carbocycles. The van der Waals surface area contributed by atoms with E-state index in [1.54, 1.807) is 19.2 Å². The Morgan fingerprint density at radius 3 is 2.32 bits per heavy atom. The molecule has 0 spiro atoms. The average Bonchev–Trinajstić information content (AvgIpc) is 2.80. The number of phenols is 1. The summed E-state index contributed by atoms with van der Waals surface area (Å²) in [5, 5.41) is 29.0. The standard InChI is InChI=1S/C24H27N3O4/c1-31-21-9-7-20(8-10-21)27-19-5-2-17(3-6-19)12-13-25-15-24(30)18-4-11-23(29)22(14-18)26-16-28/h2-11,14,16,24-25,27,29-30H,12-13,15H2,1H3,(H,26,28). The van der Waals surface area contributed by atoms with E-state index in [4.69, 9.17) is 4.74 Å². The number of anilines is 3. The van der Waals surface area contributed by atoms with Gasteiger partial charge in [0.25, 0.3) is 0 Å². The zero-order valence-electron chi connectivity index (χ0n) is 17.3. The predicted octanol–water partition coefficient (Wildman–Crippen LogP) is 3.58. The van der Waals surface area contributed by atoms with Crippen molar-refractivity contribution in [3.63, 3.8) is 0 Å². The maximum Gasteiger partial charge on any atom is 0.211 e. The number of aromatic hydroxyl groups is 1. The molecule has 162 valence electrons. The summed E-state index contributed by atoms with van der Waals surface area (Å²) in [4.78, 5) is 10.6. The molecular weight excluding hydrogens is 394 g/mol. The molecular formula is C24H27N3O4. The summed E-state index contributed by atoms with van der Waals surface area (Å²) < 4.78 is 5.17. The quantitative estimate of drug-likeness (QED) is 0.184. The molecule has 0 aliphatic carbocycles. The summed E-state index contributed by atoms with van der Waals surface area (Å²) in [5.74, 6) is 0.780. The Morgan fingerprint density at radius 1 is 1.00 bits per heavy atom. The van der Waals surface area contributed by atoms with Crippen LogP contribution in [-0.4, -0.2) is 36.8 Å². The van der Waals surface area contributed by atoms with Crippen molar-refractivity contribution in [1.82, 2.24) is 5.32 Å². The van der Waals surface area contributed by atoms with Crippen molar-refractivity contribution >= 4 is 23.5 Å². The Labute approximate surface area is 181 Å². The molecule has 0 aromatic heterocycles. The van der Waals surface area contributed by atoms with E-state index in [1.807, 2.05) is 36.4 Å². The molecule has 3 aromatic rings. The lowest BCUT2D eigenvalue weighted by Crippen LogP contribution is -2.23. The van der Waals surface area contributed by atoms with Crippen LogP contribution in [0.4, 0.5) is 17.1 Å². The predicted molar refractivity (Wildman–Crippen MR) is 122 cm³/mol. The number of aliphatic hydroxyl groups excluding tert-OH is 1. The molecule has 0 heterocycles. The maximum absolute atomic E-state index is 10.6. The van der Waals surface area contributed by atoms with E-state index in [-0.39, 0.29) is 11.4 Å². The van der Waals surface area contributed by atoms with Crippen molar-refractivity contribution in [3.8, 4) is 11.5 Å². The van der Waals surface area contributed by atoms with Crippen LogP contribution in [-0.2, 0) is 11.2 Å². The fourth-order valence-electron chi connectivity index (χ4n) is 3.13. The fourth-order valence-corrected chi connectivity index (χ4v) is 3.13. The van der Waals surface area contributed by atoms with Crippen LogP contribution in [0.25, 0.3) is 0 Å². The molecule has 1 amide bonds. The van der Waals surface area contributed by atoms with Gasteiger partial charge in [0.2, 0.25) is 6.41 Å². The van der Waals surface area contributed by atoms with Gasteiger partial charge in [-0.3, -0.25) is 4.79 Å². The molecule has 0 aliphatic rings. The lowest BCUT2D eigenvalue weighted by Gasteiger charge is -2.14. The number of methoxy groups -OCH3 is 1. The molecule has 0 fully saturated rings. The minimum atomic E-state index is -0.746. The van der Waals surface area contributed by atoms with E-state index in [1.165, 1.54) is 11.6 Å². The summed E-state index contributed by atoms with van der Waals surface area (Å²) >= 11 is 0. The van der Waals surface area contributed by atoms with Gasteiger partial charge in [0.05, 0.1) is 18.9 Å². The van der Waals surface area contributed by atoms with Crippen molar-refractivity contribution in [2.45, 2.75) is 12.5 Å². The van der Waals surface area contributed by atoms with Crippen molar-refractivity contribution in [3.05, 3.63) is 77.9 Å². The molecule has 3 rings (SSSR count). The highest BCUT2D eigenvalue weighted by Gasteiger charge is 2.10. The molecule has 7 heteroatoms. The van der Waals surface area contributed by atoms with E-state index in [0.29, 0.717) is 25.1 Å². The van der Waals surface area contributed by atoms with Crippen LogP contribution in [0.2, 0.25) is 0 Å². The Bertz CT molecular complexity index is 975. The lowest BCUT2D eigenvalue weighted by molar-refractivity contribution is -0.105. The highest BCUT2D eigenvalue weighted by Crippen LogP contribution is 2.26. The monoisotopic (exact) mass is 421 g/mol. The fraction of sp³-hybridized carbons (Fsp3) is 0.208. The highest BCUT2D eigenvalue weighted by atomic mass is 16.5. The number of hydrogen-bond donors (Lipinski definition) is 5. The molecule has 1 unspecified atom stereocenters. The van der Waals surface area contributed by atoms with Crippen LogP contribution in [0, 0.1) is 0 Å². The van der Waals surface area contributed by atoms with Crippen LogP contribution in [0.15, 0.2) is 66.7 Å². The van der Waals surface area contributed by atoms with E-state index in [2.05, 4.69) is 28.1 Å². The minimum Gasteiger partial charge on any atom is -0.506 e. The van der Waals surface area contributed by atoms with E-state index < -0.39 is 6.10 Å². The zero-order valence-corrected chi connectivity index (χ0v) is 17.3. The lowest BCUT2D eigenvalue weighted by atomic mass is 10.1. The van der Waals surface area contributed by atoms with Gasteiger partial charge in [-0.1, -0.05) is 18.2 Å². The maximum atomic E-state index is 10.6. The molecule has 1 atom stereocenters. The van der Waals surface area contributed by atoms with Gasteiger partial charge in [0, 0.05) is 17.9 Å². The van der Waals surface area contributed by atoms with Gasteiger partial charge in [-0.25, -0.2) is 0 Å². The van der Waals surface area contributed by atoms with Gasteiger partial charge >= 0.3 is 0 Å². The molecule has 31 heavy (non-hydrogen) atoms. The number of carbonyl (C=O) groups is 1. The first-order chi connectivity index (χ1) is 15.1. The van der Waals surface area contributed by atoms with Crippen molar-refractivity contribution < 1.29 is 19.7 Å². The first-order valence-electron chi connectivity index (χ1n) is 10.0. The van der Waals surface area contributed by atoms with Gasteiger partial charge in [-0.15, -0.1) is 0 Å². The van der Waals surface area contributed by atoms with Gasteiger partial charge in [-0.2, -0.15) is 0 Å². The third-order valence-corrected chi connectivity index (χ3v) is 4.88. The second kappa shape index (κ2) is 11.0. The SMILES string of the molecule is COc1ccc(Nc2ccc(CCNCC(O)c3ccc(O)c(NC=O)c3)cc2)cc1. The molecule has 0 aliphatic heterocycles. The molecule has 5 N–H and O–H groups in total. The number of rotatable bonds is 11. The Morgan fingerprint density at radius 2 is 1.68 bits per heavy atom. The Balaban J connectivity index is 1.44. The van der Waals surface area contributed by atoms with Crippen LogP contribution in [0.3, 0.4) is 0 Å². The molecule has 3 aromatic carbocycles. The summed E-state index contributed by atoms with van der Waals surface area (Å²) in [6.45, 7) is 1.07. The number of ether oxygens (including phenoxy) is 1. The highest BCUT2D eigenvalue weighted by molar-refractivity contribution is 5.75. The van der Waals surface area contributed by atoms with Crippen LogP contribution >= 0.6 is 0 Å². The molecule has 0 radical (unpaired) electrons. The van der Waals surface area contributed by atoms with E-state index >= 15 is 0 Å². The van der Waals surface area contributed by atoms with Crippen molar-refractivity contribution in [1.29, 1.82) is 0 Å². The summed E-state index contributed by atoms with van der Waals surface area (Å²) in [7, 11) is 1.65. The Kier molecular flexibility index (Phi) is 7.86. The van der Waals surface area contributed by atoms with Crippen LogP contribution in [0.5, 0.6) is 11.5 Å². The number of hydrogen-bond acceptors (Lipinski definition) is 6. The average molecular weight is 421 g/mol. The number of phenolic OH excluding ortho intramolecular Hbond substituents is 1. The van der Waals surface area contributed by atoms with Crippen molar-refractivity contribution in [2.75, 3.05) is 30.8 Å². The largest absolute Gasteiger partial charge is 0.506 e. The normalized spacial score (nSPS) is 11.5. The third kappa shape index (κ3) is 6.47. The number of carbonyl (C=O) groups excluding carboxylic acids is 1. The van der Waals surface area contributed by atoms with E-state index in [9.17, 15) is 15.0 Å². The summed E-state index contributed by atoms with van der Waals surface area (Å²) in [5.41, 5.74) is 4.07. The first kappa shape index (κ1) is 22.1. The van der Waals surface area contributed by atoms with Gasteiger partial charge in [-0.05, 0) is 72.6 Å². The first-order valence-corrected chi connectivity index (χ1v) is 10.0.